The molecule has 0 aliphatic heterocycles. The van der Waals surface area contributed by atoms with Crippen LogP contribution in [-0.2, 0) is 19.2 Å². The van der Waals surface area contributed by atoms with Crippen LogP contribution in [0.25, 0.3) is 0 Å². The van der Waals surface area contributed by atoms with Crippen molar-refractivity contribution in [2.75, 3.05) is 19.0 Å². The second-order valence-electron chi connectivity index (χ2n) is 7.11. The number of amides is 2. The number of halogens is 3. The van der Waals surface area contributed by atoms with Crippen molar-refractivity contribution in [1.29, 1.82) is 0 Å². The van der Waals surface area contributed by atoms with Crippen LogP contribution in [-0.4, -0.2) is 47.7 Å². The van der Waals surface area contributed by atoms with Gasteiger partial charge in [0.15, 0.2) is 28.3 Å². The highest BCUT2D eigenvalue weighted by molar-refractivity contribution is 7.14. The Morgan fingerprint density at radius 3 is 2.47 bits per heavy atom. The maximum atomic E-state index is 13.8. The zero-order chi connectivity index (χ0) is 24.1. The summed E-state index contributed by atoms with van der Waals surface area (Å²) in [4.78, 5) is 44.9. The van der Waals surface area contributed by atoms with Crippen LogP contribution in [0.15, 0.2) is 22.7 Å². The molecule has 1 aromatic carbocycles. The van der Waals surface area contributed by atoms with E-state index in [2.05, 4.69) is 25.6 Å². The van der Waals surface area contributed by atoms with Crippen molar-refractivity contribution in [2.45, 2.75) is 26.4 Å². The van der Waals surface area contributed by atoms with Crippen LogP contribution in [0.3, 0.4) is 0 Å². The van der Waals surface area contributed by atoms with Gasteiger partial charge in [-0.15, -0.1) is 11.3 Å². The molecule has 1 aromatic heterocycles. The number of carbonyl (C=O) groups excluding carboxylic acids is 3. The fraction of sp³-hybridized carbons (Fsp3) is 0.316. The van der Waals surface area contributed by atoms with Gasteiger partial charge in [0.25, 0.3) is 11.8 Å². The molecule has 0 atom stereocenters. The molecule has 2 aromatic rings. The van der Waals surface area contributed by atoms with Crippen LogP contribution in [0.4, 0.5) is 18.3 Å². The van der Waals surface area contributed by atoms with Crippen molar-refractivity contribution < 1.29 is 37.1 Å². The summed E-state index contributed by atoms with van der Waals surface area (Å²) >= 11 is 0.848. The number of ether oxygens (including phenoxy) is 1. The minimum atomic E-state index is -1.78. The van der Waals surface area contributed by atoms with Gasteiger partial charge in [-0.25, -0.2) is 18.2 Å². The van der Waals surface area contributed by atoms with E-state index in [-0.39, 0.29) is 16.5 Å². The molecule has 0 aliphatic carbocycles. The van der Waals surface area contributed by atoms with Gasteiger partial charge < -0.3 is 14.9 Å². The predicted molar refractivity (Wildman–Crippen MR) is 109 cm³/mol. The molecule has 0 spiro atoms. The number of nitrogens with one attached hydrogen (secondary N) is 2. The number of esters is 1. The van der Waals surface area contributed by atoms with Crippen LogP contribution in [0, 0.1) is 17.5 Å². The van der Waals surface area contributed by atoms with Crippen molar-refractivity contribution in [3.05, 3.63) is 46.2 Å². The van der Waals surface area contributed by atoms with E-state index >= 15 is 0 Å². The van der Waals surface area contributed by atoms with Crippen LogP contribution < -0.4 is 10.6 Å². The SMILES string of the molecule is CO/N=C(/C(=O)NCC(=O)OC(C)(C)C)c1csc(NC(=O)c2ccc(F)c(F)c2F)n1. The van der Waals surface area contributed by atoms with Gasteiger partial charge in [0.2, 0.25) is 0 Å². The molecular weight excluding hydrogens is 453 g/mol. The molecule has 0 saturated carbocycles. The Hall–Kier alpha value is -3.48. The molecule has 0 radical (unpaired) electrons. The predicted octanol–water partition coefficient (Wildman–Crippen LogP) is 2.62. The quantitative estimate of drug-likeness (QED) is 0.277. The average molecular weight is 472 g/mol. The fourth-order valence-electron chi connectivity index (χ4n) is 2.22. The van der Waals surface area contributed by atoms with Gasteiger partial charge in [-0.2, -0.15) is 0 Å². The molecule has 0 unspecified atom stereocenters. The molecule has 1 heterocycles. The number of hydrogen-bond acceptors (Lipinski definition) is 8. The molecule has 0 bridgehead atoms. The highest BCUT2D eigenvalue weighted by Gasteiger charge is 2.23. The summed E-state index contributed by atoms with van der Waals surface area (Å²) in [6, 6.07) is 1.39. The first-order valence-electron chi connectivity index (χ1n) is 8.95. The molecule has 172 valence electrons. The number of oxime groups is 1. The van der Waals surface area contributed by atoms with E-state index < -0.39 is 52.9 Å². The number of carbonyl (C=O) groups is 3. The van der Waals surface area contributed by atoms with Crippen molar-refractivity contribution in [3.63, 3.8) is 0 Å². The smallest absolute Gasteiger partial charge is 0.325 e. The van der Waals surface area contributed by atoms with Crippen LogP contribution >= 0.6 is 11.3 Å². The highest BCUT2D eigenvalue weighted by Crippen LogP contribution is 2.20. The van der Waals surface area contributed by atoms with Gasteiger partial charge in [-0.3, -0.25) is 19.7 Å². The summed E-state index contributed by atoms with van der Waals surface area (Å²) in [5, 5.41) is 9.34. The van der Waals surface area contributed by atoms with Gasteiger partial charge in [0, 0.05) is 5.38 Å². The summed E-state index contributed by atoms with van der Waals surface area (Å²) in [6.45, 7) is 4.56. The summed E-state index contributed by atoms with van der Waals surface area (Å²) < 4.78 is 45.3. The summed E-state index contributed by atoms with van der Waals surface area (Å²) in [6.07, 6.45) is 0. The average Bonchev–Trinajstić information content (AvgIpc) is 3.15. The summed E-state index contributed by atoms with van der Waals surface area (Å²) in [5.74, 6) is -7.44. The largest absolute Gasteiger partial charge is 0.459 e. The molecule has 0 aliphatic rings. The number of aromatic nitrogens is 1. The first kappa shape index (κ1) is 24.8. The lowest BCUT2D eigenvalue weighted by atomic mass is 10.2. The normalized spacial score (nSPS) is 11.7. The van der Waals surface area contributed by atoms with E-state index in [0.717, 1.165) is 17.4 Å². The Bertz CT molecular complexity index is 1070. The van der Waals surface area contributed by atoms with E-state index in [0.29, 0.717) is 6.07 Å². The molecule has 13 heteroatoms. The second kappa shape index (κ2) is 10.2. The van der Waals surface area contributed by atoms with Gasteiger partial charge in [0.1, 0.15) is 24.9 Å². The second-order valence-corrected chi connectivity index (χ2v) is 7.96. The Kier molecular flexibility index (Phi) is 7.92. The number of anilines is 1. The summed E-state index contributed by atoms with van der Waals surface area (Å²) in [7, 11) is 1.18. The Morgan fingerprint density at radius 1 is 1.16 bits per heavy atom. The van der Waals surface area contributed by atoms with E-state index in [1.54, 1.807) is 20.8 Å². The standard InChI is InChI=1S/C19H19F3N4O5S/c1-19(2,3)31-12(27)7-23-17(29)15(26-30-4)11-8-32-18(24-11)25-16(28)9-5-6-10(20)14(22)13(9)21/h5-6,8H,7H2,1-4H3,(H,23,29)(H,24,25,28)/b26-15+. The minimum absolute atomic E-state index is 0.0282. The zero-order valence-corrected chi connectivity index (χ0v) is 18.2. The van der Waals surface area contributed by atoms with Gasteiger partial charge in [-0.05, 0) is 32.9 Å². The van der Waals surface area contributed by atoms with Gasteiger partial charge >= 0.3 is 5.97 Å². The first-order chi connectivity index (χ1) is 14.9. The fourth-order valence-corrected chi connectivity index (χ4v) is 2.91. The summed E-state index contributed by atoms with van der Waals surface area (Å²) in [5.41, 5.74) is -1.81. The van der Waals surface area contributed by atoms with Crippen LogP contribution in [0.1, 0.15) is 36.8 Å². The number of thiazole rings is 1. The minimum Gasteiger partial charge on any atom is -0.459 e. The molecule has 2 rings (SSSR count). The van der Waals surface area contributed by atoms with Crippen LogP contribution in [0.5, 0.6) is 0 Å². The lowest BCUT2D eigenvalue weighted by molar-refractivity contribution is -0.154. The molecule has 0 saturated heterocycles. The van der Waals surface area contributed by atoms with E-state index in [9.17, 15) is 27.6 Å². The van der Waals surface area contributed by atoms with E-state index in [1.165, 1.54) is 12.5 Å². The highest BCUT2D eigenvalue weighted by atomic mass is 32.1. The molecule has 0 fully saturated rings. The Balaban J connectivity index is 2.11. The third-order valence-electron chi connectivity index (χ3n) is 3.46. The monoisotopic (exact) mass is 472 g/mol. The van der Waals surface area contributed by atoms with Crippen molar-refractivity contribution >= 4 is 40.0 Å². The number of hydrogen-bond donors (Lipinski definition) is 2. The maximum Gasteiger partial charge on any atom is 0.325 e. The topological polar surface area (TPSA) is 119 Å². The van der Waals surface area contributed by atoms with Crippen molar-refractivity contribution in [1.82, 2.24) is 10.3 Å². The third-order valence-corrected chi connectivity index (χ3v) is 4.22. The molecule has 32 heavy (non-hydrogen) atoms. The lowest BCUT2D eigenvalue weighted by Gasteiger charge is -2.19. The number of benzene rings is 1. The van der Waals surface area contributed by atoms with E-state index in [1.807, 2.05) is 0 Å². The Morgan fingerprint density at radius 2 is 1.84 bits per heavy atom. The molecule has 2 amide bonds. The number of rotatable bonds is 7. The molecular formula is C19H19F3N4O5S. The zero-order valence-electron chi connectivity index (χ0n) is 17.4. The van der Waals surface area contributed by atoms with Crippen molar-refractivity contribution in [2.24, 2.45) is 5.16 Å². The first-order valence-corrected chi connectivity index (χ1v) is 9.83. The molecule has 9 nitrogen and oxygen atoms in total. The lowest BCUT2D eigenvalue weighted by Crippen LogP contribution is -2.38. The maximum absolute atomic E-state index is 13.8. The van der Waals surface area contributed by atoms with E-state index in [4.69, 9.17) is 4.74 Å². The van der Waals surface area contributed by atoms with Crippen LogP contribution in [0.2, 0.25) is 0 Å². The number of nitrogens with zero attached hydrogens (tertiary/aromatic N) is 2. The van der Waals surface area contributed by atoms with Crippen molar-refractivity contribution in [3.8, 4) is 0 Å². The molecule has 2 N–H and O–H groups in total. The Labute approximate surface area is 184 Å². The van der Waals surface area contributed by atoms with Gasteiger partial charge in [0.05, 0.1) is 5.56 Å². The van der Waals surface area contributed by atoms with Gasteiger partial charge in [-0.1, -0.05) is 5.16 Å². The third kappa shape index (κ3) is 6.51.